The Labute approximate surface area is 156 Å². The summed E-state index contributed by atoms with van der Waals surface area (Å²) >= 11 is 1.63. The third-order valence-corrected chi connectivity index (χ3v) is 5.12. The van der Waals surface area contributed by atoms with E-state index in [1.807, 2.05) is 49.4 Å². The second kappa shape index (κ2) is 6.99. The van der Waals surface area contributed by atoms with E-state index in [0.29, 0.717) is 5.56 Å². The fourth-order valence-corrected chi connectivity index (χ4v) is 3.84. The molecule has 0 radical (unpaired) electrons. The van der Waals surface area contributed by atoms with Crippen LogP contribution in [0.4, 0.5) is 0 Å². The Morgan fingerprint density at radius 2 is 1.58 bits per heavy atom. The highest BCUT2D eigenvalue weighted by atomic mass is 32.2. The molecule has 0 N–H and O–H groups in total. The van der Waals surface area contributed by atoms with Crippen LogP contribution in [0.15, 0.2) is 82.7 Å². The van der Waals surface area contributed by atoms with Crippen LogP contribution in [0.3, 0.4) is 0 Å². The zero-order valence-electron chi connectivity index (χ0n) is 14.2. The number of aryl methyl sites for hydroxylation is 1. The maximum atomic E-state index is 9.29. The van der Waals surface area contributed by atoms with E-state index in [1.54, 1.807) is 11.8 Å². The number of para-hydroxylation sites is 1. The molecule has 4 heteroatoms. The quantitative estimate of drug-likeness (QED) is 0.448. The van der Waals surface area contributed by atoms with Crippen molar-refractivity contribution in [2.75, 3.05) is 0 Å². The Kier molecular flexibility index (Phi) is 4.39. The van der Waals surface area contributed by atoms with Gasteiger partial charge in [-0.05, 0) is 42.3 Å². The van der Waals surface area contributed by atoms with Crippen LogP contribution in [0, 0.1) is 18.3 Å². The summed E-state index contributed by atoms with van der Waals surface area (Å²) in [5.41, 5.74) is 3.64. The van der Waals surface area contributed by atoms with Crippen molar-refractivity contribution in [1.29, 1.82) is 5.26 Å². The molecule has 0 aliphatic heterocycles. The molecule has 0 aliphatic carbocycles. The van der Waals surface area contributed by atoms with Gasteiger partial charge in [0.05, 0.1) is 17.1 Å². The van der Waals surface area contributed by atoms with E-state index in [-0.39, 0.29) is 0 Å². The summed E-state index contributed by atoms with van der Waals surface area (Å²) in [5.74, 6) is 0.769. The van der Waals surface area contributed by atoms with Crippen LogP contribution in [0.1, 0.15) is 11.4 Å². The van der Waals surface area contributed by atoms with Crippen molar-refractivity contribution in [2.24, 2.45) is 0 Å². The van der Waals surface area contributed by atoms with Gasteiger partial charge in [0.25, 0.3) is 0 Å². The van der Waals surface area contributed by atoms with E-state index in [1.165, 1.54) is 0 Å². The number of hydrogen-bond donors (Lipinski definition) is 0. The lowest BCUT2D eigenvalue weighted by molar-refractivity contribution is 1.01. The van der Waals surface area contributed by atoms with Gasteiger partial charge in [-0.3, -0.25) is 0 Å². The molecule has 0 aliphatic rings. The van der Waals surface area contributed by atoms with E-state index < -0.39 is 0 Å². The Balaban J connectivity index is 1.68. The molecule has 26 heavy (non-hydrogen) atoms. The van der Waals surface area contributed by atoms with Crippen LogP contribution in [-0.4, -0.2) is 9.97 Å². The lowest BCUT2D eigenvalue weighted by Crippen LogP contribution is -1.92. The lowest BCUT2D eigenvalue weighted by Gasteiger charge is -2.08. The van der Waals surface area contributed by atoms with Crippen LogP contribution in [0.5, 0.6) is 0 Å². The highest BCUT2D eigenvalue weighted by Crippen LogP contribution is 2.33. The Morgan fingerprint density at radius 3 is 2.38 bits per heavy atom. The fraction of sp³-hybridized carbons (Fsp3) is 0.0455. The molecule has 4 aromatic rings. The molecule has 0 bridgehead atoms. The summed E-state index contributed by atoms with van der Waals surface area (Å²) in [7, 11) is 0. The van der Waals surface area contributed by atoms with Gasteiger partial charge in [-0.25, -0.2) is 9.97 Å². The summed E-state index contributed by atoms with van der Waals surface area (Å²) in [6.07, 6.45) is 0. The average molecular weight is 353 g/mol. The summed E-state index contributed by atoms with van der Waals surface area (Å²) in [4.78, 5) is 10.2. The van der Waals surface area contributed by atoms with Crippen LogP contribution in [0.2, 0.25) is 0 Å². The third kappa shape index (κ3) is 3.17. The molecule has 3 nitrogen and oxygen atoms in total. The van der Waals surface area contributed by atoms with Crippen molar-refractivity contribution in [3.05, 3.63) is 84.2 Å². The van der Waals surface area contributed by atoms with Crippen LogP contribution in [-0.2, 0) is 0 Å². The monoisotopic (exact) mass is 353 g/mol. The van der Waals surface area contributed by atoms with Crippen molar-refractivity contribution in [2.45, 2.75) is 16.8 Å². The van der Waals surface area contributed by atoms with Crippen molar-refractivity contribution in [3.8, 4) is 17.2 Å². The second-order valence-electron chi connectivity index (χ2n) is 5.88. The first-order chi connectivity index (χ1) is 12.7. The molecule has 3 aromatic carbocycles. The first kappa shape index (κ1) is 16.3. The summed E-state index contributed by atoms with van der Waals surface area (Å²) in [5, 5.41) is 11.3. The molecular weight excluding hydrogens is 338 g/mol. The van der Waals surface area contributed by atoms with E-state index in [4.69, 9.17) is 0 Å². The fourth-order valence-electron chi connectivity index (χ4n) is 2.88. The number of aromatic nitrogens is 2. The Morgan fingerprint density at radius 1 is 0.846 bits per heavy atom. The van der Waals surface area contributed by atoms with Gasteiger partial charge in [0.1, 0.15) is 10.9 Å². The zero-order valence-corrected chi connectivity index (χ0v) is 15.0. The molecule has 0 fully saturated rings. The minimum Gasteiger partial charge on any atom is -0.233 e. The normalized spacial score (nSPS) is 10.6. The van der Waals surface area contributed by atoms with E-state index in [0.717, 1.165) is 37.8 Å². The van der Waals surface area contributed by atoms with Crippen molar-refractivity contribution >= 4 is 22.7 Å². The molecule has 0 amide bonds. The largest absolute Gasteiger partial charge is 0.233 e. The van der Waals surface area contributed by atoms with Gasteiger partial charge in [-0.15, -0.1) is 0 Å². The third-order valence-electron chi connectivity index (χ3n) is 4.11. The Bertz CT molecular complexity index is 1130. The van der Waals surface area contributed by atoms with Gasteiger partial charge in [0, 0.05) is 10.3 Å². The summed E-state index contributed by atoms with van der Waals surface area (Å²) in [6, 6.07) is 26.2. The number of hydrogen-bond acceptors (Lipinski definition) is 4. The first-order valence-corrected chi connectivity index (χ1v) is 9.07. The predicted octanol–water partition coefficient (Wildman–Crippen LogP) is 5.63. The maximum absolute atomic E-state index is 9.29. The number of benzene rings is 3. The topological polar surface area (TPSA) is 49.6 Å². The molecule has 0 saturated heterocycles. The van der Waals surface area contributed by atoms with Gasteiger partial charge in [0.2, 0.25) is 0 Å². The minimum atomic E-state index is 0.685. The van der Waals surface area contributed by atoms with Gasteiger partial charge in [-0.1, -0.05) is 60.3 Å². The highest BCUT2D eigenvalue weighted by Gasteiger charge is 2.08. The summed E-state index contributed by atoms with van der Waals surface area (Å²) < 4.78 is 0. The van der Waals surface area contributed by atoms with Crippen molar-refractivity contribution < 1.29 is 0 Å². The predicted molar refractivity (Wildman–Crippen MR) is 105 cm³/mol. The molecule has 0 atom stereocenters. The molecule has 1 aromatic heterocycles. The van der Waals surface area contributed by atoms with Crippen LogP contribution < -0.4 is 0 Å². The average Bonchev–Trinajstić information content (AvgIpc) is 2.68. The maximum Gasteiger partial charge on any atom is 0.127 e. The molecule has 0 spiro atoms. The minimum absolute atomic E-state index is 0.685. The van der Waals surface area contributed by atoms with Gasteiger partial charge < -0.3 is 0 Å². The number of nitriles is 1. The van der Waals surface area contributed by atoms with Gasteiger partial charge in [-0.2, -0.15) is 5.26 Å². The van der Waals surface area contributed by atoms with Gasteiger partial charge in [0.15, 0.2) is 0 Å². The molecule has 0 unspecified atom stereocenters. The second-order valence-corrected chi connectivity index (χ2v) is 6.94. The SMILES string of the molecule is Cc1nc(Sc2ccc(-c3ccccc3C#N)cc2)c2ccccc2n1. The molecule has 4 rings (SSSR count). The summed E-state index contributed by atoms with van der Waals surface area (Å²) in [6.45, 7) is 1.92. The number of fused-ring (bicyclic) bond motifs is 1. The first-order valence-electron chi connectivity index (χ1n) is 8.25. The molecule has 0 saturated carbocycles. The molecular formula is C22H15N3S. The molecule has 1 heterocycles. The lowest BCUT2D eigenvalue weighted by atomic mass is 10.0. The van der Waals surface area contributed by atoms with E-state index in [9.17, 15) is 5.26 Å². The van der Waals surface area contributed by atoms with E-state index >= 15 is 0 Å². The van der Waals surface area contributed by atoms with Crippen LogP contribution >= 0.6 is 11.8 Å². The van der Waals surface area contributed by atoms with Gasteiger partial charge >= 0.3 is 0 Å². The number of rotatable bonds is 3. The highest BCUT2D eigenvalue weighted by molar-refractivity contribution is 7.99. The van der Waals surface area contributed by atoms with Crippen molar-refractivity contribution in [1.82, 2.24) is 9.97 Å². The molecule has 124 valence electrons. The zero-order chi connectivity index (χ0) is 17.9. The van der Waals surface area contributed by atoms with Crippen LogP contribution in [0.25, 0.3) is 22.0 Å². The standard InChI is InChI=1S/C22H15N3S/c1-15-24-21-9-5-4-8-20(21)22(25-15)26-18-12-10-16(11-13-18)19-7-3-2-6-17(19)14-23/h2-13H,1H3. The Hall–Kier alpha value is -3.16. The van der Waals surface area contributed by atoms with E-state index in [2.05, 4.69) is 46.4 Å². The smallest absolute Gasteiger partial charge is 0.127 e. The number of nitrogens with zero attached hydrogens (tertiary/aromatic N) is 3. The van der Waals surface area contributed by atoms with Crippen molar-refractivity contribution in [3.63, 3.8) is 0 Å².